The first-order valence-corrected chi connectivity index (χ1v) is 5.59. The molecule has 3 rings (SSSR count). The molecule has 1 aliphatic heterocycles. The molecule has 0 amide bonds. The van der Waals surface area contributed by atoms with E-state index in [0.717, 1.165) is 12.8 Å². The van der Waals surface area contributed by atoms with Gasteiger partial charge in [0.2, 0.25) is 5.82 Å². The van der Waals surface area contributed by atoms with E-state index in [1.165, 1.54) is 6.33 Å². The van der Waals surface area contributed by atoms with E-state index in [-0.39, 0.29) is 11.5 Å². The second-order valence-electron chi connectivity index (χ2n) is 4.16. The summed E-state index contributed by atoms with van der Waals surface area (Å²) in [6.45, 7) is 1.41. The first-order chi connectivity index (χ1) is 8.55. The fourth-order valence-electron chi connectivity index (χ4n) is 2.10. The fourth-order valence-corrected chi connectivity index (χ4v) is 2.10. The van der Waals surface area contributed by atoms with Gasteiger partial charge in [-0.1, -0.05) is 0 Å². The maximum atomic E-state index is 12.7. The molecule has 96 valence electrons. The molecule has 2 aromatic rings. The Morgan fingerprint density at radius 3 is 2.56 bits per heavy atom. The summed E-state index contributed by atoms with van der Waals surface area (Å²) in [7, 11) is 0. The molecule has 0 bridgehead atoms. The zero-order chi connectivity index (χ0) is 12.8. The largest absolute Gasteiger partial charge is 0.451 e. The van der Waals surface area contributed by atoms with Crippen molar-refractivity contribution in [2.45, 2.75) is 19.0 Å². The van der Waals surface area contributed by atoms with Crippen LogP contribution in [0.3, 0.4) is 0 Å². The average Bonchev–Trinajstić information content (AvgIpc) is 2.97. The molecule has 5 nitrogen and oxygen atoms in total. The first-order valence-electron chi connectivity index (χ1n) is 5.59. The number of halogens is 3. The van der Waals surface area contributed by atoms with Crippen LogP contribution in [0.15, 0.2) is 6.33 Å². The van der Waals surface area contributed by atoms with Crippen LogP contribution in [0.1, 0.15) is 18.7 Å². The molecule has 1 N–H and O–H groups in total. The van der Waals surface area contributed by atoms with Gasteiger partial charge in [-0.05, 0) is 12.8 Å². The maximum absolute atomic E-state index is 12.7. The Labute approximate surface area is 100 Å². The normalized spacial score (nSPS) is 16.7. The number of H-pyrrole nitrogens is 1. The van der Waals surface area contributed by atoms with Crippen LogP contribution < -0.4 is 4.90 Å². The molecule has 1 aliphatic rings. The predicted octanol–water partition coefficient (Wildman–Crippen LogP) is 1.97. The van der Waals surface area contributed by atoms with E-state index >= 15 is 0 Å². The fraction of sp³-hybridized carbons (Fsp3) is 0.500. The predicted molar refractivity (Wildman–Crippen MR) is 58.1 cm³/mol. The van der Waals surface area contributed by atoms with Gasteiger partial charge in [0.05, 0.1) is 6.33 Å². The summed E-state index contributed by atoms with van der Waals surface area (Å²) in [5, 5.41) is 0. The third kappa shape index (κ3) is 1.77. The Morgan fingerprint density at radius 1 is 1.17 bits per heavy atom. The number of hydrogen-bond donors (Lipinski definition) is 1. The summed E-state index contributed by atoms with van der Waals surface area (Å²) in [5.74, 6) is -0.854. The number of aromatic nitrogens is 4. The molecule has 0 spiro atoms. The van der Waals surface area contributed by atoms with Crippen molar-refractivity contribution in [1.29, 1.82) is 0 Å². The van der Waals surface area contributed by atoms with Crippen LogP contribution in [0.25, 0.3) is 11.2 Å². The van der Waals surface area contributed by atoms with Crippen LogP contribution in [-0.2, 0) is 6.18 Å². The Balaban J connectivity index is 2.17. The minimum absolute atomic E-state index is 0.124. The molecule has 0 atom stereocenters. The van der Waals surface area contributed by atoms with Gasteiger partial charge >= 0.3 is 6.18 Å². The zero-order valence-corrected chi connectivity index (χ0v) is 9.33. The minimum Gasteiger partial charge on any atom is -0.355 e. The van der Waals surface area contributed by atoms with Crippen molar-refractivity contribution in [2.75, 3.05) is 18.0 Å². The summed E-state index contributed by atoms with van der Waals surface area (Å²) in [6.07, 6.45) is -1.30. The highest BCUT2D eigenvalue weighted by molar-refractivity contribution is 5.83. The molecular formula is C10H10F3N5. The summed E-state index contributed by atoms with van der Waals surface area (Å²) in [4.78, 5) is 15.5. The number of anilines is 1. The van der Waals surface area contributed by atoms with Crippen molar-refractivity contribution in [2.24, 2.45) is 0 Å². The molecule has 1 saturated heterocycles. The molecule has 3 heterocycles. The number of nitrogens with zero attached hydrogens (tertiary/aromatic N) is 4. The molecule has 8 heteroatoms. The Hall–Kier alpha value is -1.86. The summed E-state index contributed by atoms with van der Waals surface area (Å²) in [6, 6.07) is 0. The Kier molecular flexibility index (Phi) is 2.39. The highest BCUT2D eigenvalue weighted by Crippen LogP contribution is 2.31. The van der Waals surface area contributed by atoms with E-state index in [9.17, 15) is 13.2 Å². The van der Waals surface area contributed by atoms with Crippen molar-refractivity contribution >= 4 is 17.0 Å². The Bertz CT molecular complexity index is 570. The number of rotatable bonds is 1. The smallest absolute Gasteiger partial charge is 0.355 e. The lowest BCUT2D eigenvalue weighted by atomic mass is 10.4. The third-order valence-electron chi connectivity index (χ3n) is 2.92. The lowest BCUT2D eigenvalue weighted by molar-refractivity contribution is -0.144. The number of aromatic amines is 1. The molecular weight excluding hydrogens is 247 g/mol. The second kappa shape index (κ2) is 3.82. The first kappa shape index (κ1) is 11.2. The number of nitrogens with one attached hydrogen (secondary N) is 1. The number of alkyl halides is 3. The minimum atomic E-state index is -4.55. The van der Waals surface area contributed by atoms with Gasteiger partial charge in [-0.2, -0.15) is 13.2 Å². The van der Waals surface area contributed by atoms with Gasteiger partial charge in [0.25, 0.3) is 0 Å². The van der Waals surface area contributed by atoms with Crippen LogP contribution in [-0.4, -0.2) is 33.0 Å². The maximum Gasteiger partial charge on any atom is 0.451 e. The van der Waals surface area contributed by atoms with Crippen molar-refractivity contribution in [1.82, 2.24) is 19.9 Å². The topological polar surface area (TPSA) is 57.7 Å². The van der Waals surface area contributed by atoms with E-state index in [2.05, 4.69) is 19.9 Å². The molecule has 2 aromatic heterocycles. The lowest BCUT2D eigenvalue weighted by Gasteiger charge is -2.17. The van der Waals surface area contributed by atoms with Crippen molar-refractivity contribution < 1.29 is 13.2 Å². The van der Waals surface area contributed by atoms with Crippen LogP contribution in [0.5, 0.6) is 0 Å². The molecule has 0 radical (unpaired) electrons. The van der Waals surface area contributed by atoms with Gasteiger partial charge in [-0.3, -0.25) is 0 Å². The van der Waals surface area contributed by atoms with Crippen molar-refractivity contribution in [3.8, 4) is 0 Å². The molecule has 0 saturated carbocycles. The van der Waals surface area contributed by atoms with Gasteiger partial charge < -0.3 is 9.88 Å². The van der Waals surface area contributed by atoms with Crippen LogP contribution >= 0.6 is 0 Å². The van der Waals surface area contributed by atoms with Crippen molar-refractivity contribution in [3.63, 3.8) is 0 Å². The zero-order valence-electron chi connectivity index (χ0n) is 9.33. The quantitative estimate of drug-likeness (QED) is 0.848. The van der Waals surface area contributed by atoms with E-state index in [1.807, 2.05) is 4.90 Å². The number of imidazole rings is 1. The van der Waals surface area contributed by atoms with Gasteiger partial charge in [0.1, 0.15) is 5.52 Å². The molecule has 18 heavy (non-hydrogen) atoms. The van der Waals surface area contributed by atoms with Gasteiger partial charge in [-0.15, -0.1) is 0 Å². The highest BCUT2D eigenvalue weighted by atomic mass is 19.4. The van der Waals surface area contributed by atoms with E-state index < -0.39 is 12.0 Å². The SMILES string of the molecule is FC(F)(F)c1nc(N2CCCC2)c2nc[nH]c2n1. The van der Waals surface area contributed by atoms with E-state index in [1.54, 1.807) is 0 Å². The van der Waals surface area contributed by atoms with Gasteiger partial charge in [0.15, 0.2) is 11.5 Å². The van der Waals surface area contributed by atoms with Crippen LogP contribution in [0.4, 0.5) is 19.0 Å². The average molecular weight is 257 g/mol. The summed E-state index contributed by atoms with van der Waals surface area (Å²) >= 11 is 0. The third-order valence-corrected chi connectivity index (χ3v) is 2.92. The molecule has 0 aromatic carbocycles. The van der Waals surface area contributed by atoms with Crippen LogP contribution in [0, 0.1) is 0 Å². The summed E-state index contributed by atoms with van der Waals surface area (Å²) in [5.41, 5.74) is 0.518. The molecule has 0 unspecified atom stereocenters. The Morgan fingerprint density at radius 2 is 1.89 bits per heavy atom. The number of hydrogen-bond acceptors (Lipinski definition) is 4. The highest BCUT2D eigenvalue weighted by Gasteiger charge is 2.36. The van der Waals surface area contributed by atoms with Gasteiger partial charge in [0, 0.05) is 13.1 Å². The number of fused-ring (bicyclic) bond motifs is 1. The molecule has 1 fully saturated rings. The van der Waals surface area contributed by atoms with Crippen LogP contribution in [0.2, 0.25) is 0 Å². The molecule has 0 aliphatic carbocycles. The standard InChI is InChI=1S/C10H10F3N5/c11-10(12,13)9-16-7-6(14-5-15-7)8(17-9)18-3-1-2-4-18/h5H,1-4H2,(H,14,15,16,17). The lowest BCUT2D eigenvalue weighted by Crippen LogP contribution is -2.22. The summed E-state index contributed by atoms with van der Waals surface area (Å²) < 4.78 is 38.1. The van der Waals surface area contributed by atoms with E-state index in [4.69, 9.17) is 0 Å². The van der Waals surface area contributed by atoms with Crippen molar-refractivity contribution in [3.05, 3.63) is 12.2 Å². The second-order valence-corrected chi connectivity index (χ2v) is 4.16. The monoisotopic (exact) mass is 257 g/mol. The van der Waals surface area contributed by atoms with E-state index in [0.29, 0.717) is 18.6 Å². The van der Waals surface area contributed by atoms with Gasteiger partial charge in [-0.25, -0.2) is 15.0 Å².